The second-order valence-electron chi connectivity index (χ2n) is 10.2. The van der Waals surface area contributed by atoms with Crippen LogP contribution in [-0.4, -0.2) is 32.7 Å². The van der Waals surface area contributed by atoms with E-state index in [1.165, 1.54) is 0 Å². The Kier molecular flexibility index (Phi) is 7.95. The second kappa shape index (κ2) is 11.2. The van der Waals surface area contributed by atoms with Crippen molar-refractivity contribution >= 4 is 16.9 Å². The minimum atomic E-state index is -1.18. The highest BCUT2D eigenvalue weighted by Crippen LogP contribution is 2.47. The van der Waals surface area contributed by atoms with Crippen molar-refractivity contribution in [2.24, 2.45) is 5.41 Å². The van der Waals surface area contributed by atoms with E-state index in [0.29, 0.717) is 54.7 Å². The minimum absolute atomic E-state index is 0.197. The van der Waals surface area contributed by atoms with Crippen molar-refractivity contribution in [3.05, 3.63) is 100 Å². The van der Waals surface area contributed by atoms with E-state index in [1.54, 1.807) is 42.3 Å². The van der Waals surface area contributed by atoms with Crippen molar-refractivity contribution in [2.45, 2.75) is 58.4 Å². The molecule has 7 nitrogen and oxygen atoms in total. The Balaban J connectivity index is 1.90. The average molecular weight is 514 g/mol. The fraction of sp³-hybridized carbons (Fsp3) is 0.355. The van der Waals surface area contributed by atoms with Gasteiger partial charge in [0.05, 0.1) is 17.9 Å². The fourth-order valence-corrected chi connectivity index (χ4v) is 5.53. The molecule has 0 amide bonds. The Labute approximate surface area is 223 Å². The molecule has 2 aromatic heterocycles. The topological polar surface area (TPSA) is 94.3 Å². The molecule has 2 heterocycles. The number of hydrogen-bond donors (Lipinski definition) is 1. The van der Waals surface area contributed by atoms with Crippen molar-refractivity contribution < 1.29 is 14.6 Å². The van der Waals surface area contributed by atoms with E-state index in [1.807, 2.05) is 63.2 Å². The number of methoxy groups -OCH3 is 1. The van der Waals surface area contributed by atoms with Gasteiger partial charge in [-0.25, -0.2) is 4.98 Å². The lowest BCUT2D eigenvalue weighted by Gasteiger charge is -2.43. The zero-order valence-corrected chi connectivity index (χ0v) is 22.5. The SMILES string of the molecule is CCC(CCc1ccncc1)(C(=O)O)C(C)(C)c1nc2c(OC)cccc2c(=O)n1CCc1ccccc1. The number of pyridine rings is 1. The number of para-hydroxylation sites is 1. The van der Waals surface area contributed by atoms with E-state index in [4.69, 9.17) is 9.72 Å². The molecule has 4 aromatic rings. The maximum absolute atomic E-state index is 14.0. The number of carboxylic acids is 1. The first kappa shape index (κ1) is 27.0. The highest BCUT2D eigenvalue weighted by molar-refractivity contribution is 5.84. The molecule has 0 radical (unpaired) electrons. The van der Waals surface area contributed by atoms with Gasteiger partial charge in [0, 0.05) is 24.4 Å². The maximum Gasteiger partial charge on any atom is 0.310 e. The van der Waals surface area contributed by atoms with Crippen LogP contribution in [0.2, 0.25) is 0 Å². The molecule has 1 N–H and O–H groups in total. The standard InChI is InChI=1S/C31H35N3O4/c1-5-31(29(36)37,18-14-23-15-19-32-20-16-23)30(2,3)28-33-26-24(12-9-13-25(26)38-4)27(35)34(28)21-17-22-10-7-6-8-11-22/h6-13,15-16,19-20H,5,14,17-18,21H2,1-4H3,(H,36,37). The monoisotopic (exact) mass is 513 g/mol. The van der Waals surface area contributed by atoms with Crippen LogP contribution in [0, 0.1) is 5.41 Å². The van der Waals surface area contributed by atoms with Gasteiger partial charge in [-0.2, -0.15) is 0 Å². The zero-order valence-electron chi connectivity index (χ0n) is 22.5. The van der Waals surface area contributed by atoms with E-state index in [-0.39, 0.29) is 5.56 Å². The molecule has 0 fully saturated rings. The summed E-state index contributed by atoms with van der Waals surface area (Å²) < 4.78 is 7.23. The van der Waals surface area contributed by atoms with Crippen LogP contribution in [0.15, 0.2) is 77.9 Å². The van der Waals surface area contributed by atoms with Gasteiger partial charge in [-0.3, -0.25) is 19.1 Å². The van der Waals surface area contributed by atoms with Crippen molar-refractivity contribution in [2.75, 3.05) is 7.11 Å². The molecule has 0 aliphatic rings. The molecule has 0 spiro atoms. The molecule has 0 aliphatic carbocycles. The Morgan fingerprint density at radius 3 is 2.29 bits per heavy atom. The first-order chi connectivity index (χ1) is 18.2. The van der Waals surface area contributed by atoms with Crippen molar-refractivity contribution in [1.82, 2.24) is 14.5 Å². The summed E-state index contributed by atoms with van der Waals surface area (Å²) in [5, 5.41) is 11.2. The van der Waals surface area contributed by atoms with Gasteiger partial charge in [0.1, 0.15) is 17.1 Å². The number of aliphatic carboxylic acids is 1. The minimum Gasteiger partial charge on any atom is -0.494 e. The molecule has 0 bridgehead atoms. The van der Waals surface area contributed by atoms with Gasteiger partial charge in [-0.1, -0.05) is 57.2 Å². The van der Waals surface area contributed by atoms with Crippen LogP contribution in [0.25, 0.3) is 10.9 Å². The summed E-state index contributed by atoms with van der Waals surface area (Å²) in [5.41, 5.74) is 0.183. The number of carboxylic acid groups (broad SMARTS) is 1. The summed E-state index contributed by atoms with van der Waals surface area (Å²) in [6.45, 7) is 6.08. The molecule has 0 saturated heterocycles. The van der Waals surface area contributed by atoms with Gasteiger partial charge >= 0.3 is 5.97 Å². The zero-order chi connectivity index (χ0) is 27.3. The summed E-state index contributed by atoms with van der Waals surface area (Å²) in [4.78, 5) is 36.2. The number of benzene rings is 2. The number of ether oxygens (including phenoxy) is 1. The van der Waals surface area contributed by atoms with Crippen LogP contribution in [0.1, 0.15) is 50.6 Å². The molecule has 0 saturated carbocycles. The third-order valence-electron chi connectivity index (χ3n) is 7.99. The lowest BCUT2D eigenvalue weighted by Crippen LogP contribution is -2.50. The molecular formula is C31H35N3O4. The third kappa shape index (κ3) is 4.93. The Bertz CT molecular complexity index is 1470. The predicted molar refractivity (Wildman–Crippen MR) is 149 cm³/mol. The number of aryl methyl sites for hydroxylation is 2. The maximum atomic E-state index is 14.0. The summed E-state index contributed by atoms with van der Waals surface area (Å²) >= 11 is 0. The molecule has 38 heavy (non-hydrogen) atoms. The predicted octanol–water partition coefficient (Wildman–Crippen LogP) is 5.43. The largest absolute Gasteiger partial charge is 0.494 e. The van der Waals surface area contributed by atoms with Crippen LogP contribution < -0.4 is 10.3 Å². The lowest BCUT2D eigenvalue weighted by atomic mass is 9.60. The summed E-state index contributed by atoms with van der Waals surface area (Å²) in [6.07, 6.45) is 5.37. The molecule has 7 heteroatoms. The van der Waals surface area contributed by atoms with Crippen LogP contribution in [0.4, 0.5) is 0 Å². The normalized spacial score (nSPS) is 13.3. The van der Waals surface area contributed by atoms with Gasteiger partial charge in [-0.05, 0) is 61.1 Å². The van der Waals surface area contributed by atoms with E-state index in [9.17, 15) is 14.7 Å². The van der Waals surface area contributed by atoms with E-state index in [2.05, 4.69) is 4.98 Å². The van der Waals surface area contributed by atoms with Gasteiger partial charge in [0.15, 0.2) is 0 Å². The fourth-order valence-electron chi connectivity index (χ4n) is 5.53. The molecule has 1 unspecified atom stereocenters. The number of aromatic nitrogens is 3. The number of nitrogens with zero attached hydrogens (tertiary/aromatic N) is 3. The number of rotatable bonds is 11. The van der Waals surface area contributed by atoms with Crippen LogP contribution in [0.5, 0.6) is 5.75 Å². The molecule has 2 aromatic carbocycles. The number of carbonyl (C=O) groups is 1. The highest BCUT2D eigenvalue weighted by Gasteiger charge is 2.52. The summed E-state index contributed by atoms with van der Waals surface area (Å²) in [5.74, 6) is 0.0403. The van der Waals surface area contributed by atoms with Crippen molar-refractivity contribution in [3.63, 3.8) is 0 Å². The number of hydrogen-bond acceptors (Lipinski definition) is 5. The molecule has 0 aliphatic heterocycles. The lowest BCUT2D eigenvalue weighted by molar-refractivity contribution is -0.154. The van der Waals surface area contributed by atoms with E-state index < -0.39 is 16.8 Å². The molecular weight excluding hydrogens is 478 g/mol. The number of fused-ring (bicyclic) bond motifs is 1. The first-order valence-corrected chi connectivity index (χ1v) is 13.0. The Morgan fingerprint density at radius 1 is 0.974 bits per heavy atom. The third-order valence-corrected chi connectivity index (χ3v) is 7.99. The Morgan fingerprint density at radius 2 is 1.66 bits per heavy atom. The average Bonchev–Trinajstić information content (AvgIpc) is 2.93. The summed E-state index contributed by atoms with van der Waals surface area (Å²) in [6, 6.07) is 19.1. The quantitative estimate of drug-likeness (QED) is 0.287. The van der Waals surface area contributed by atoms with E-state index >= 15 is 0 Å². The van der Waals surface area contributed by atoms with Crippen LogP contribution in [-0.2, 0) is 29.6 Å². The van der Waals surface area contributed by atoms with Crippen molar-refractivity contribution in [3.8, 4) is 5.75 Å². The summed E-state index contributed by atoms with van der Waals surface area (Å²) in [7, 11) is 1.55. The Hall–Kier alpha value is -4.00. The highest BCUT2D eigenvalue weighted by atomic mass is 16.5. The first-order valence-electron chi connectivity index (χ1n) is 13.0. The smallest absolute Gasteiger partial charge is 0.310 e. The van der Waals surface area contributed by atoms with Gasteiger partial charge < -0.3 is 9.84 Å². The van der Waals surface area contributed by atoms with E-state index in [0.717, 1.165) is 11.1 Å². The van der Waals surface area contributed by atoms with Gasteiger partial charge in [0.2, 0.25) is 0 Å². The van der Waals surface area contributed by atoms with Gasteiger partial charge in [0.25, 0.3) is 5.56 Å². The van der Waals surface area contributed by atoms with Crippen LogP contribution in [0.3, 0.4) is 0 Å². The molecule has 1 atom stereocenters. The molecule has 198 valence electrons. The van der Waals surface area contributed by atoms with Crippen LogP contribution >= 0.6 is 0 Å². The van der Waals surface area contributed by atoms with Gasteiger partial charge in [-0.15, -0.1) is 0 Å². The second-order valence-corrected chi connectivity index (χ2v) is 10.2. The van der Waals surface area contributed by atoms with Crippen molar-refractivity contribution in [1.29, 1.82) is 0 Å². The molecule has 4 rings (SSSR count).